The molecule has 0 atom stereocenters. The molecular formula is C36H39N7O5. The van der Waals surface area contributed by atoms with Crippen LogP contribution in [0.4, 0.5) is 26.9 Å². The van der Waals surface area contributed by atoms with Gasteiger partial charge in [-0.25, -0.2) is 19.3 Å². The van der Waals surface area contributed by atoms with E-state index in [2.05, 4.69) is 41.7 Å². The molecule has 3 heterocycles. The lowest BCUT2D eigenvalue weighted by Gasteiger charge is -2.24. The molecule has 1 aliphatic heterocycles. The molecule has 12 heteroatoms. The van der Waals surface area contributed by atoms with Gasteiger partial charge in [0.1, 0.15) is 24.0 Å². The average Bonchev–Trinajstić information content (AvgIpc) is 3.49. The SMILES string of the molecule is Cc1ccc(-n2nc(C(C)(C)C)cc2NC(=O)Nc2ccc(OCc3ccnc(NC(=O)ON4CCOCC4)c3)c3ccccc23)cc1. The number of amides is 3. The predicted octanol–water partition coefficient (Wildman–Crippen LogP) is 7.05. The zero-order valence-corrected chi connectivity index (χ0v) is 27.4. The molecule has 3 N–H and O–H groups in total. The molecular weight excluding hydrogens is 610 g/mol. The first-order valence-corrected chi connectivity index (χ1v) is 15.8. The number of nitrogens with one attached hydrogen (secondary N) is 3. The van der Waals surface area contributed by atoms with Crippen LogP contribution in [0.15, 0.2) is 85.1 Å². The highest BCUT2D eigenvalue weighted by Crippen LogP contribution is 2.33. The lowest BCUT2D eigenvalue weighted by atomic mass is 9.92. The first-order valence-electron chi connectivity index (χ1n) is 15.8. The van der Waals surface area contributed by atoms with Gasteiger partial charge in [-0.2, -0.15) is 5.10 Å². The number of aryl methyl sites for hydroxylation is 1. The van der Waals surface area contributed by atoms with Gasteiger partial charge in [-0.05, 0) is 48.9 Å². The van der Waals surface area contributed by atoms with Crippen molar-refractivity contribution in [2.75, 3.05) is 42.3 Å². The van der Waals surface area contributed by atoms with Gasteiger partial charge in [-0.3, -0.25) is 10.6 Å². The number of nitrogens with zero attached hydrogens (tertiary/aromatic N) is 4. The highest BCUT2D eigenvalue weighted by molar-refractivity contribution is 6.07. The standard InChI is InChI=1S/C36H39N7O5/c1-24-9-11-26(12-10-24)43-33(22-31(41-43)36(2,3)4)40-34(44)38-29-13-14-30(28-8-6-5-7-27(28)29)47-23-25-15-16-37-32(21-25)39-35(45)48-42-17-19-46-20-18-42/h5-16,21-22H,17-20,23H2,1-4H3,(H,37,39,45)(H2,38,40,44). The molecule has 6 rings (SSSR count). The van der Waals surface area contributed by atoms with Gasteiger partial charge in [0, 0.05) is 28.5 Å². The summed E-state index contributed by atoms with van der Waals surface area (Å²) in [5.41, 5.74) is 4.06. The summed E-state index contributed by atoms with van der Waals surface area (Å²) in [7, 11) is 0. The van der Waals surface area contributed by atoms with Crippen LogP contribution >= 0.6 is 0 Å². The van der Waals surface area contributed by atoms with E-state index in [0.717, 1.165) is 33.3 Å². The highest BCUT2D eigenvalue weighted by Gasteiger charge is 2.22. The molecule has 5 aromatic rings. The van der Waals surface area contributed by atoms with Gasteiger partial charge < -0.3 is 19.6 Å². The van der Waals surface area contributed by atoms with Crippen molar-refractivity contribution in [1.82, 2.24) is 19.8 Å². The number of morpholine rings is 1. The summed E-state index contributed by atoms with van der Waals surface area (Å²) >= 11 is 0. The Bertz CT molecular complexity index is 1910. The van der Waals surface area contributed by atoms with E-state index in [0.29, 0.717) is 49.4 Å². The third-order valence-electron chi connectivity index (χ3n) is 7.76. The quantitative estimate of drug-likeness (QED) is 0.163. The number of pyridine rings is 1. The third kappa shape index (κ3) is 7.91. The second kappa shape index (κ2) is 14.1. The Balaban J connectivity index is 1.14. The molecule has 0 bridgehead atoms. The van der Waals surface area contributed by atoms with E-state index in [-0.39, 0.29) is 12.0 Å². The number of aromatic nitrogens is 3. The van der Waals surface area contributed by atoms with Crippen LogP contribution in [0, 0.1) is 6.92 Å². The molecule has 1 fully saturated rings. The number of carbonyl (C=O) groups is 2. The molecule has 248 valence electrons. The van der Waals surface area contributed by atoms with E-state index in [9.17, 15) is 9.59 Å². The predicted molar refractivity (Wildman–Crippen MR) is 185 cm³/mol. The molecule has 0 radical (unpaired) electrons. The van der Waals surface area contributed by atoms with Crippen molar-refractivity contribution in [3.05, 3.63) is 102 Å². The molecule has 1 saturated heterocycles. The number of hydroxylamine groups is 2. The zero-order chi connectivity index (χ0) is 33.7. The maximum atomic E-state index is 13.4. The largest absolute Gasteiger partial charge is 0.488 e. The van der Waals surface area contributed by atoms with Gasteiger partial charge in [0.2, 0.25) is 0 Å². The Labute approximate surface area is 279 Å². The van der Waals surface area contributed by atoms with Crippen LogP contribution in [0.2, 0.25) is 0 Å². The monoisotopic (exact) mass is 649 g/mol. The molecule has 0 spiro atoms. The molecule has 0 unspecified atom stereocenters. The van der Waals surface area contributed by atoms with E-state index in [1.165, 1.54) is 0 Å². The normalized spacial score (nSPS) is 13.6. The number of carbonyl (C=O) groups excluding carboxylic acids is 2. The van der Waals surface area contributed by atoms with Crippen molar-refractivity contribution in [2.24, 2.45) is 0 Å². The van der Waals surface area contributed by atoms with Gasteiger partial charge in [-0.15, -0.1) is 5.06 Å². The fourth-order valence-corrected chi connectivity index (χ4v) is 5.17. The van der Waals surface area contributed by atoms with Crippen LogP contribution in [0.3, 0.4) is 0 Å². The average molecular weight is 650 g/mol. The third-order valence-corrected chi connectivity index (χ3v) is 7.76. The molecule has 0 saturated carbocycles. The van der Waals surface area contributed by atoms with Gasteiger partial charge in [0.25, 0.3) is 0 Å². The number of urea groups is 1. The molecule has 1 aliphatic rings. The lowest BCUT2D eigenvalue weighted by Crippen LogP contribution is -2.39. The van der Waals surface area contributed by atoms with Crippen LogP contribution in [-0.4, -0.2) is 58.3 Å². The molecule has 12 nitrogen and oxygen atoms in total. The second-order valence-corrected chi connectivity index (χ2v) is 12.5. The number of anilines is 3. The maximum Gasteiger partial charge on any atom is 0.431 e. The van der Waals surface area contributed by atoms with Crippen LogP contribution in [-0.2, 0) is 21.6 Å². The summed E-state index contributed by atoms with van der Waals surface area (Å²) in [6, 6.07) is 24.4. The minimum Gasteiger partial charge on any atom is -0.488 e. The van der Waals surface area contributed by atoms with Gasteiger partial charge >= 0.3 is 12.1 Å². The van der Waals surface area contributed by atoms with E-state index in [1.54, 1.807) is 22.0 Å². The minimum absolute atomic E-state index is 0.210. The minimum atomic E-state index is -0.616. The van der Waals surface area contributed by atoms with Gasteiger partial charge in [0.05, 0.1) is 43.4 Å². The van der Waals surface area contributed by atoms with Crippen molar-refractivity contribution < 1.29 is 23.9 Å². The van der Waals surface area contributed by atoms with E-state index >= 15 is 0 Å². The lowest BCUT2D eigenvalue weighted by molar-refractivity contribution is -0.142. The first kappa shape index (κ1) is 32.5. The maximum absolute atomic E-state index is 13.4. The number of rotatable bonds is 8. The summed E-state index contributed by atoms with van der Waals surface area (Å²) in [6.07, 6.45) is 0.983. The van der Waals surface area contributed by atoms with Crippen LogP contribution < -0.4 is 20.7 Å². The summed E-state index contributed by atoms with van der Waals surface area (Å²) in [5.74, 6) is 1.55. The van der Waals surface area contributed by atoms with Crippen molar-refractivity contribution in [1.29, 1.82) is 0 Å². The summed E-state index contributed by atoms with van der Waals surface area (Å²) in [6.45, 7) is 10.6. The van der Waals surface area contributed by atoms with Crippen LogP contribution in [0.5, 0.6) is 5.75 Å². The summed E-state index contributed by atoms with van der Waals surface area (Å²) < 4.78 is 13.2. The summed E-state index contributed by atoms with van der Waals surface area (Å²) in [5, 5.41) is 16.7. The van der Waals surface area contributed by atoms with Crippen molar-refractivity contribution in [3.8, 4) is 11.4 Å². The molecule has 0 aliphatic carbocycles. The van der Waals surface area contributed by atoms with E-state index < -0.39 is 12.1 Å². The van der Waals surface area contributed by atoms with Gasteiger partial charge in [0.15, 0.2) is 0 Å². The fourth-order valence-electron chi connectivity index (χ4n) is 5.17. The highest BCUT2D eigenvalue weighted by atomic mass is 16.7. The first-order chi connectivity index (χ1) is 23.1. The fraction of sp³-hybridized carbons (Fsp3) is 0.278. The molecule has 3 aromatic carbocycles. The van der Waals surface area contributed by atoms with Crippen molar-refractivity contribution in [3.63, 3.8) is 0 Å². The molecule has 2 aromatic heterocycles. The topological polar surface area (TPSA) is 132 Å². The van der Waals surface area contributed by atoms with Crippen molar-refractivity contribution in [2.45, 2.75) is 39.7 Å². The molecule has 48 heavy (non-hydrogen) atoms. The Kier molecular flexibility index (Phi) is 9.55. The zero-order valence-electron chi connectivity index (χ0n) is 27.4. The van der Waals surface area contributed by atoms with Gasteiger partial charge in [-0.1, -0.05) is 62.7 Å². The number of fused-ring (bicyclic) bond motifs is 1. The Hall–Kier alpha value is -5.46. The Morgan fingerprint density at radius 2 is 1.65 bits per heavy atom. The summed E-state index contributed by atoms with van der Waals surface area (Å²) in [4.78, 5) is 35.3. The number of hydrogen-bond donors (Lipinski definition) is 3. The number of benzene rings is 3. The van der Waals surface area contributed by atoms with Crippen LogP contribution in [0.1, 0.15) is 37.6 Å². The smallest absolute Gasteiger partial charge is 0.431 e. The van der Waals surface area contributed by atoms with Crippen molar-refractivity contribution >= 4 is 40.2 Å². The van der Waals surface area contributed by atoms with E-state index in [1.807, 2.05) is 79.7 Å². The Morgan fingerprint density at radius 1 is 0.896 bits per heavy atom. The Morgan fingerprint density at radius 3 is 2.40 bits per heavy atom. The second-order valence-electron chi connectivity index (χ2n) is 12.5. The molecule has 3 amide bonds. The number of hydrogen-bond acceptors (Lipinski definition) is 8. The number of ether oxygens (including phenoxy) is 2. The van der Waals surface area contributed by atoms with Crippen LogP contribution in [0.25, 0.3) is 16.5 Å². The van der Waals surface area contributed by atoms with E-state index in [4.69, 9.17) is 19.4 Å².